The number of carboxylic acids is 1. The number of carbonyl (C=O) groups is 2. The van der Waals surface area contributed by atoms with E-state index in [0.717, 1.165) is 19.3 Å². The van der Waals surface area contributed by atoms with Crippen LogP contribution in [0.4, 0.5) is 0 Å². The van der Waals surface area contributed by atoms with Gasteiger partial charge in [0.05, 0.1) is 5.92 Å². The number of amides is 1. The van der Waals surface area contributed by atoms with Gasteiger partial charge in [0.25, 0.3) is 0 Å². The average Bonchev–Trinajstić information content (AvgIpc) is 2.77. The van der Waals surface area contributed by atoms with Crippen molar-refractivity contribution in [3.8, 4) is 0 Å². The predicted molar refractivity (Wildman–Crippen MR) is 57.6 cm³/mol. The van der Waals surface area contributed by atoms with Crippen molar-refractivity contribution in [2.24, 2.45) is 23.5 Å². The van der Waals surface area contributed by atoms with Crippen molar-refractivity contribution in [1.82, 2.24) is 5.32 Å². The van der Waals surface area contributed by atoms with E-state index in [-0.39, 0.29) is 30.2 Å². The highest BCUT2D eigenvalue weighted by Crippen LogP contribution is 2.48. The van der Waals surface area contributed by atoms with Gasteiger partial charge < -0.3 is 16.2 Å². The van der Waals surface area contributed by atoms with Crippen molar-refractivity contribution >= 4 is 11.9 Å². The normalized spacial score (nSPS) is 36.3. The van der Waals surface area contributed by atoms with E-state index in [4.69, 9.17) is 5.73 Å². The molecule has 90 valence electrons. The molecule has 5 heteroatoms. The average molecular weight is 226 g/mol. The highest BCUT2D eigenvalue weighted by molar-refractivity contribution is 5.79. The van der Waals surface area contributed by atoms with Crippen molar-refractivity contribution in [3.63, 3.8) is 0 Å². The lowest BCUT2D eigenvalue weighted by atomic mass is 9.84. The van der Waals surface area contributed by atoms with E-state index in [9.17, 15) is 14.7 Å². The predicted octanol–water partition coefficient (Wildman–Crippen LogP) is -0.0493. The number of fused-ring (bicyclic) bond motifs is 2. The molecule has 0 spiro atoms. The summed E-state index contributed by atoms with van der Waals surface area (Å²) in [6.45, 7) is 0.310. The number of nitrogens with one attached hydrogen (secondary N) is 1. The topological polar surface area (TPSA) is 92.4 Å². The van der Waals surface area contributed by atoms with Crippen LogP contribution in [0.2, 0.25) is 0 Å². The first-order chi connectivity index (χ1) is 7.63. The molecule has 2 saturated carbocycles. The van der Waals surface area contributed by atoms with Crippen molar-refractivity contribution in [2.75, 3.05) is 6.54 Å². The maximum atomic E-state index is 11.5. The molecule has 0 radical (unpaired) electrons. The van der Waals surface area contributed by atoms with Crippen LogP contribution in [0.25, 0.3) is 0 Å². The first-order valence-electron chi connectivity index (χ1n) is 5.85. The van der Waals surface area contributed by atoms with Gasteiger partial charge in [0.15, 0.2) is 0 Å². The maximum absolute atomic E-state index is 11.5. The number of nitrogens with two attached hydrogens (primary N) is 1. The van der Waals surface area contributed by atoms with E-state index in [1.54, 1.807) is 0 Å². The minimum atomic E-state index is -0.773. The summed E-state index contributed by atoms with van der Waals surface area (Å²) in [7, 11) is 0. The van der Waals surface area contributed by atoms with Crippen molar-refractivity contribution in [2.45, 2.75) is 31.7 Å². The van der Waals surface area contributed by atoms with Gasteiger partial charge >= 0.3 is 5.97 Å². The molecule has 2 bridgehead atoms. The van der Waals surface area contributed by atoms with Crippen LogP contribution in [-0.2, 0) is 9.59 Å². The molecule has 2 aliphatic rings. The number of carboxylic acid groups (broad SMARTS) is 1. The molecule has 0 saturated heterocycles. The molecule has 0 aromatic heterocycles. The monoisotopic (exact) mass is 226 g/mol. The molecule has 16 heavy (non-hydrogen) atoms. The largest absolute Gasteiger partial charge is 0.481 e. The molecule has 4 atom stereocenters. The van der Waals surface area contributed by atoms with E-state index >= 15 is 0 Å². The van der Waals surface area contributed by atoms with Crippen LogP contribution in [0.5, 0.6) is 0 Å². The maximum Gasteiger partial charge on any atom is 0.308 e. The Hall–Kier alpha value is -1.10. The molecule has 0 heterocycles. The van der Waals surface area contributed by atoms with Crippen LogP contribution in [0, 0.1) is 17.8 Å². The molecule has 0 aromatic rings. The molecule has 2 aliphatic carbocycles. The quantitative estimate of drug-likeness (QED) is 0.626. The van der Waals surface area contributed by atoms with Gasteiger partial charge in [0.1, 0.15) is 0 Å². The van der Waals surface area contributed by atoms with Gasteiger partial charge in [-0.05, 0) is 31.1 Å². The van der Waals surface area contributed by atoms with Crippen LogP contribution in [0.3, 0.4) is 0 Å². The van der Waals surface area contributed by atoms with Crippen molar-refractivity contribution in [3.05, 3.63) is 0 Å². The Kier molecular flexibility index (Phi) is 3.14. The molecule has 4 N–H and O–H groups in total. The Labute approximate surface area is 94.4 Å². The molecule has 0 aromatic carbocycles. The summed E-state index contributed by atoms with van der Waals surface area (Å²) in [6.07, 6.45) is 3.26. The summed E-state index contributed by atoms with van der Waals surface area (Å²) in [5.41, 5.74) is 5.30. The minimum Gasteiger partial charge on any atom is -0.481 e. The lowest BCUT2D eigenvalue weighted by Gasteiger charge is -2.28. The van der Waals surface area contributed by atoms with Crippen molar-refractivity contribution < 1.29 is 14.7 Å². The SMILES string of the molecule is NCCC(=O)NC1C2CCC(C2)C1C(=O)O. The molecule has 2 rings (SSSR count). The van der Waals surface area contributed by atoms with Gasteiger partial charge in [-0.15, -0.1) is 0 Å². The Morgan fingerprint density at radius 1 is 1.31 bits per heavy atom. The lowest BCUT2D eigenvalue weighted by Crippen LogP contribution is -2.47. The van der Waals surface area contributed by atoms with E-state index in [1.165, 1.54) is 0 Å². The summed E-state index contributed by atoms with van der Waals surface area (Å²) >= 11 is 0. The fourth-order valence-electron chi connectivity index (χ4n) is 3.24. The third kappa shape index (κ3) is 1.91. The van der Waals surface area contributed by atoms with E-state index < -0.39 is 5.97 Å². The third-order valence-corrected chi connectivity index (χ3v) is 3.90. The zero-order chi connectivity index (χ0) is 11.7. The Morgan fingerprint density at radius 2 is 2.00 bits per heavy atom. The standard InChI is InChI=1S/C11H18N2O3/c12-4-3-8(14)13-10-7-2-1-6(5-7)9(10)11(15)16/h6-7,9-10H,1-5,12H2,(H,13,14)(H,15,16). The number of aliphatic carboxylic acids is 1. The van der Waals surface area contributed by atoms with Crippen LogP contribution in [0.1, 0.15) is 25.7 Å². The van der Waals surface area contributed by atoms with Crippen LogP contribution < -0.4 is 11.1 Å². The van der Waals surface area contributed by atoms with Gasteiger partial charge in [0.2, 0.25) is 5.91 Å². The number of hydrogen-bond acceptors (Lipinski definition) is 3. The second-order valence-corrected chi connectivity index (χ2v) is 4.83. The number of carbonyl (C=O) groups excluding carboxylic acids is 1. The number of hydrogen-bond donors (Lipinski definition) is 3. The molecule has 2 fully saturated rings. The summed E-state index contributed by atoms with van der Waals surface area (Å²) in [5.74, 6) is -0.671. The fraction of sp³-hybridized carbons (Fsp3) is 0.818. The molecular weight excluding hydrogens is 208 g/mol. The van der Waals surface area contributed by atoms with Crippen LogP contribution in [0.15, 0.2) is 0 Å². The zero-order valence-corrected chi connectivity index (χ0v) is 9.19. The first kappa shape index (κ1) is 11.4. The first-order valence-corrected chi connectivity index (χ1v) is 5.85. The Morgan fingerprint density at radius 3 is 2.62 bits per heavy atom. The fourth-order valence-corrected chi connectivity index (χ4v) is 3.24. The van der Waals surface area contributed by atoms with Crippen LogP contribution >= 0.6 is 0 Å². The molecule has 0 aliphatic heterocycles. The third-order valence-electron chi connectivity index (χ3n) is 3.90. The summed E-state index contributed by atoms with van der Waals surface area (Å²) < 4.78 is 0. The lowest BCUT2D eigenvalue weighted by molar-refractivity contribution is -0.144. The highest BCUT2D eigenvalue weighted by Gasteiger charge is 2.51. The van der Waals surface area contributed by atoms with Crippen molar-refractivity contribution in [1.29, 1.82) is 0 Å². The van der Waals surface area contributed by atoms with Gasteiger partial charge in [-0.3, -0.25) is 9.59 Å². The second-order valence-electron chi connectivity index (χ2n) is 4.83. The summed E-state index contributed by atoms with van der Waals surface area (Å²) in [4.78, 5) is 22.6. The minimum absolute atomic E-state index is 0.119. The Balaban J connectivity index is 2.02. The van der Waals surface area contributed by atoms with E-state index in [0.29, 0.717) is 12.5 Å². The van der Waals surface area contributed by atoms with Gasteiger partial charge in [-0.25, -0.2) is 0 Å². The number of rotatable bonds is 4. The molecule has 4 unspecified atom stereocenters. The van der Waals surface area contributed by atoms with E-state index in [1.807, 2.05) is 0 Å². The zero-order valence-electron chi connectivity index (χ0n) is 9.19. The molecule has 5 nitrogen and oxygen atoms in total. The van der Waals surface area contributed by atoms with Gasteiger partial charge in [-0.1, -0.05) is 0 Å². The molecule has 1 amide bonds. The summed E-state index contributed by atoms with van der Waals surface area (Å²) in [6, 6.07) is -0.171. The highest BCUT2D eigenvalue weighted by atomic mass is 16.4. The Bertz CT molecular complexity index is 306. The van der Waals surface area contributed by atoms with Crippen LogP contribution in [-0.4, -0.2) is 29.6 Å². The van der Waals surface area contributed by atoms with Gasteiger partial charge in [0, 0.05) is 19.0 Å². The molecular formula is C11H18N2O3. The summed E-state index contributed by atoms with van der Waals surface area (Å²) in [5, 5.41) is 12.0. The van der Waals surface area contributed by atoms with Gasteiger partial charge in [-0.2, -0.15) is 0 Å². The smallest absolute Gasteiger partial charge is 0.308 e. The second kappa shape index (κ2) is 4.41. The van der Waals surface area contributed by atoms with E-state index in [2.05, 4.69) is 5.32 Å².